The highest BCUT2D eigenvalue weighted by atomic mass is 16.5. The number of phenolic OH excluding ortho intramolecular Hbond substituents is 3. The molecule has 0 fully saturated rings. The number of hydrogen-bond donors (Lipinski definition) is 3. The molecule has 0 aliphatic carbocycles. The van der Waals surface area contributed by atoms with Gasteiger partial charge in [0.2, 0.25) is 0 Å². The van der Waals surface area contributed by atoms with Crippen molar-refractivity contribution in [1.29, 1.82) is 0 Å². The number of aryl methyl sites for hydroxylation is 3. The van der Waals surface area contributed by atoms with Gasteiger partial charge < -0.3 is 25.0 Å². The van der Waals surface area contributed by atoms with Gasteiger partial charge in [-0.05, 0) is 79.9 Å². The second-order valence-electron chi connectivity index (χ2n) is 7.83. The third-order valence-corrected chi connectivity index (χ3v) is 5.36. The summed E-state index contributed by atoms with van der Waals surface area (Å²) in [6, 6.07) is 23.5. The fourth-order valence-corrected chi connectivity index (χ4v) is 3.48. The largest absolute Gasteiger partial charge is 0.508 e. The zero-order valence-electron chi connectivity index (χ0n) is 18.2. The molecule has 5 nitrogen and oxygen atoms in total. The Morgan fingerprint density at radius 1 is 0.594 bits per heavy atom. The van der Waals surface area contributed by atoms with E-state index in [-0.39, 0.29) is 17.2 Å². The highest BCUT2D eigenvalue weighted by molar-refractivity contribution is 5.79. The summed E-state index contributed by atoms with van der Waals surface area (Å²) < 4.78 is 6.08. The molecule has 0 saturated heterocycles. The molecule has 162 valence electrons. The van der Waals surface area contributed by atoms with Gasteiger partial charge in [0.1, 0.15) is 28.7 Å². The highest BCUT2D eigenvalue weighted by Gasteiger charge is 2.16. The molecule has 0 aromatic heterocycles. The van der Waals surface area contributed by atoms with Crippen LogP contribution in [0.1, 0.15) is 16.7 Å². The molecule has 4 rings (SSSR count). The van der Waals surface area contributed by atoms with E-state index in [0.717, 1.165) is 33.8 Å². The number of phenols is 3. The molecule has 0 amide bonds. The molecule has 0 unspecified atom stereocenters. The average molecular weight is 428 g/mol. The van der Waals surface area contributed by atoms with E-state index in [0.29, 0.717) is 11.5 Å². The number of benzene rings is 4. The molecule has 0 aliphatic heterocycles. The van der Waals surface area contributed by atoms with E-state index in [2.05, 4.69) is 0 Å². The molecule has 3 N–H and O–H groups in total. The first-order valence-electron chi connectivity index (χ1n) is 10.3. The summed E-state index contributed by atoms with van der Waals surface area (Å²) in [5, 5.41) is 30.3. The Kier molecular flexibility index (Phi) is 5.65. The van der Waals surface area contributed by atoms with Gasteiger partial charge in [0.15, 0.2) is 0 Å². The number of nitrogens with zero attached hydrogens (tertiary/aromatic N) is 1. The van der Waals surface area contributed by atoms with Crippen LogP contribution < -0.4 is 9.64 Å². The topological polar surface area (TPSA) is 73.2 Å². The van der Waals surface area contributed by atoms with E-state index in [9.17, 15) is 15.3 Å². The fourth-order valence-electron chi connectivity index (χ4n) is 3.48. The predicted octanol–water partition coefficient (Wildman–Crippen LogP) is 6.99. The van der Waals surface area contributed by atoms with Crippen LogP contribution >= 0.6 is 0 Å². The van der Waals surface area contributed by atoms with Crippen LogP contribution in [-0.2, 0) is 0 Å². The minimum atomic E-state index is 0.188. The lowest BCUT2D eigenvalue weighted by Crippen LogP contribution is -2.10. The Hall–Kier alpha value is -4.12. The third kappa shape index (κ3) is 4.32. The van der Waals surface area contributed by atoms with Crippen LogP contribution in [0.3, 0.4) is 0 Å². The molecule has 4 aromatic rings. The molecular weight excluding hydrogens is 402 g/mol. The van der Waals surface area contributed by atoms with Crippen LogP contribution in [0.2, 0.25) is 0 Å². The first-order valence-corrected chi connectivity index (χ1v) is 10.3. The van der Waals surface area contributed by atoms with Crippen molar-refractivity contribution in [3.63, 3.8) is 0 Å². The normalized spacial score (nSPS) is 10.7. The smallest absolute Gasteiger partial charge is 0.130 e. The SMILES string of the molecule is Cc1ccc(N(c2cccc(Oc3ccc(O)cc3C)c2)c2ccc(C)c(O)c2)cc1O. The van der Waals surface area contributed by atoms with Crippen molar-refractivity contribution in [3.8, 4) is 28.7 Å². The number of anilines is 3. The van der Waals surface area contributed by atoms with Gasteiger partial charge in [-0.25, -0.2) is 0 Å². The molecular formula is C27H25NO4. The summed E-state index contributed by atoms with van der Waals surface area (Å²) in [5.41, 5.74) is 4.66. The zero-order chi connectivity index (χ0) is 22.8. The summed E-state index contributed by atoms with van der Waals surface area (Å²) in [6.07, 6.45) is 0. The molecule has 0 atom stereocenters. The minimum absolute atomic E-state index is 0.188. The Morgan fingerprint density at radius 3 is 1.75 bits per heavy atom. The maximum atomic E-state index is 10.3. The summed E-state index contributed by atoms with van der Waals surface area (Å²) in [6.45, 7) is 5.56. The lowest BCUT2D eigenvalue weighted by Gasteiger charge is -2.26. The maximum absolute atomic E-state index is 10.3. The molecule has 32 heavy (non-hydrogen) atoms. The van der Waals surface area contributed by atoms with Crippen molar-refractivity contribution in [2.24, 2.45) is 0 Å². The Morgan fingerprint density at radius 2 is 1.19 bits per heavy atom. The van der Waals surface area contributed by atoms with Crippen molar-refractivity contribution in [2.75, 3.05) is 4.90 Å². The first kappa shape index (κ1) is 21.1. The van der Waals surface area contributed by atoms with E-state index in [1.807, 2.05) is 74.2 Å². The molecule has 0 aliphatic rings. The standard InChI is InChI=1S/C27H25NO4/c1-17-7-9-21(15-25(17)30)28(22-10-8-18(2)26(31)16-22)20-5-4-6-24(14-20)32-27-12-11-23(29)13-19(27)3/h4-16,29-31H,1-3H3. The van der Waals surface area contributed by atoms with Gasteiger partial charge in [0.05, 0.1) is 0 Å². The predicted molar refractivity (Wildman–Crippen MR) is 127 cm³/mol. The molecule has 0 saturated carbocycles. The first-order chi connectivity index (χ1) is 15.3. The van der Waals surface area contributed by atoms with E-state index in [1.165, 1.54) is 0 Å². The van der Waals surface area contributed by atoms with Crippen molar-refractivity contribution in [2.45, 2.75) is 20.8 Å². The van der Waals surface area contributed by atoms with Crippen LogP contribution in [-0.4, -0.2) is 15.3 Å². The minimum Gasteiger partial charge on any atom is -0.508 e. The van der Waals surface area contributed by atoms with Crippen molar-refractivity contribution < 1.29 is 20.1 Å². The lowest BCUT2D eigenvalue weighted by molar-refractivity contribution is 0.461. The second-order valence-corrected chi connectivity index (χ2v) is 7.83. The van der Waals surface area contributed by atoms with Crippen molar-refractivity contribution in [3.05, 3.63) is 95.6 Å². The van der Waals surface area contributed by atoms with Gasteiger partial charge in [0.25, 0.3) is 0 Å². The third-order valence-electron chi connectivity index (χ3n) is 5.36. The molecule has 0 bridgehead atoms. The van der Waals surface area contributed by atoms with E-state index in [1.54, 1.807) is 30.3 Å². The van der Waals surface area contributed by atoms with Crippen LogP contribution in [0, 0.1) is 20.8 Å². The van der Waals surface area contributed by atoms with Crippen molar-refractivity contribution >= 4 is 17.1 Å². The Labute approximate surface area is 187 Å². The van der Waals surface area contributed by atoms with Crippen LogP contribution in [0.5, 0.6) is 28.7 Å². The quantitative estimate of drug-likeness (QED) is 0.320. The molecule has 4 aromatic carbocycles. The van der Waals surface area contributed by atoms with E-state index < -0.39 is 0 Å². The van der Waals surface area contributed by atoms with Gasteiger partial charge in [-0.2, -0.15) is 0 Å². The van der Waals surface area contributed by atoms with E-state index >= 15 is 0 Å². The second kappa shape index (κ2) is 8.55. The summed E-state index contributed by atoms with van der Waals surface area (Å²) in [5.74, 6) is 1.83. The maximum Gasteiger partial charge on any atom is 0.130 e. The number of hydrogen-bond acceptors (Lipinski definition) is 5. The number of ether oxygens (including phenoxy) is 1. The summed E-state index contributed by atoms with van der Waals surface area (Å²) in [4.78, 5) is 1.94. The van der Waals surface area contributed by atoms with Gasteiger partial charge in [-0.1, -0.05) is 18.2 Å². The van der Waals surface area contributed by atoms with Gasteiger partial charge in [0, 0.05) is 35.3 Å². The van der Waals surface area contributed by atoms with Crippen LogP contribution in [0.15, 0.2) is 78.9 Å². The summed E-state index contributed by atoms with van der Waals surface area (Å²) >= 11 is 0. The lowest BCUT2D eigenvalue weighted by atomic mass is 10.1. The Bertz CT molecular complexity index is 1230. The van der Waals surface area contributed by atoms with Gasteiger partial charge in [-0.3, -0.25) is 0 Å². The average Bonchev–Trinajstić information content (AvgIpc) is 2.76. The molecule has 0 heterocycles. The van der Waals surface area contributed by atoms with Gasteiger partial charge in [-0.15, -0.1) is 0 Å². The van der Waals surface area contributed by atoms with Crippen LogP contribution in [0.25, 0.3) is 0 Å². The Balaban J connectivity index is 1.79. The van der Waals surface area contributed by atoms with E-state index in [4.69, 9.17) is 4.74 Å². The fraction of sp³-hybridized carbons (Fsp3) is 0.111. The number of rotatable bonds is 5. The highest BCUT2D eigenvalue weighted by Crippen LogP contribution is 2.40. The molecule has 0 spiro atoms. The monoisotopic (exact) mass is 427 g/mol. The summed E-state index contributed by atoms with van der Waals surface area (Å²) in [7, 11) is 0. The van der Waals surface area contributed by atoms with Crippen molar-refractivity contribution in [1.82, 2.24) is 0 Å². The number of aromatic hydroxyl groups is 3. The molecule has 5 heteroatoms. The molecule has 0 radical (unpaired) electrons. The van der Waals surface area contributed by atoms with Crippen LogP contribution in [0.4, 0.5) is 17.1 Å². The zero-order valence-corrected chi connectivity index (χ0v) is 18.2. The van der Waals surface area contributed by atoms with Gasteiger partial charge >= 0.3 is 0 Å².